The van der Waals surface area contributed by atoms with E-state index in [1.165, 1.54) is 0 Å². The van der Waals surface area contributed by atoms with Crippen LogP contribution in [0.2, 0.25) is 0 Å². The Morgan fingerprint density at radius 2 is 2.22 bits per heavy atom. The van der Waals surface area contributed by atoms with Gasteiger partial charge in [0.25, 0.3) is 0 Å². The maximum absolute atomic E-state index is 9.42. The minimum atomic E-state index is -0.0706. The lowest BCUT2D eigenvalue weighted by atomic mass is 9.87. The Labute approximate surface area is 60.8 Å². The van der Waals surface area contributed by atoms with Crippen molar-refractivity contribution in [3.8, 4) is 0 Å². The van der Waals surface area contributed by atoms with Crippen molar-refractivity contribution < 1.29 is 5.11 Å². The highest BCUT2D eigenvalue weighted by atomic mass is 32.2. The smallest absolute Gasteiger partial charge is 0.0606 e. The van der Waals surface area contributed by atoms with Crippen LogP contribution < -0.4 is 0 Å². The first-order valence-electron chi connectivity index (χ1n) is 3.39. The quantitative estimate of drug-likeness (QED) is 0.559. The molecule has 54 valence electrons. The third-order valence-corrected chi connectivity index (χ3v) is 3.38. The van der Waals surface area contributed by atoms with Crippen LogP contribution in [0.3, 0.4) is 0 Å². The molecule has 1 aliphatic rings. The van der Waals surface area contributed by atoms with E-state index in [4.69, 9.17) is 0 Å². The number of thioether (sulfide) groups is 1. The van der Waals surface area contributed by atoms with Crippen molar-refractivity contribution >= 4 is 11.8 Å². The third-order valence-electron chi connectivity index (χ3n) is 1.91. The molecule has 0 aromatic rings. The molecular formula is C7H14OS. The van der Waals surface area contributed by atoms with Crippen LogP contribution in [0.5, 0.6) is 0 Å². The van der Waals surface area contributed by atoms with Crippen LogP contribution in [0.25, 0.3) is 0 Å². The van der Waals surface area contributed by atoms with Crippen LogP contribution in [0.4, 0.5) is 0 Å². The molecule has 2 heteroatoms. The highest BCUT2D eigenvalue weighted by Gasteiger charge is 2.30. The van der Waals surface area contributed by atoms with E-state index >= 15 is 0 Å². The predicted molar refractivity (Wildman–Crippen MR) is 41.7 cm³/mol. The molecule has 1 fully saturated rings. The zero-order valence-corrected chi connectivity index (χ0v) is 6.87. The van der Waals surface area contributed by atoms with E-state index in [2.05, 4.69) is 13.8 Å². The molecule has 0 aromatic carbocycles. The Balaban J connectivity index is 2.49. The molecule has 9 heavy (non-hydrogen) atoms. The predicted octanol–water partition coefficient (Wildman–Crippen LogP) is 1.51. The SMILES string of the molecule is CC1(C)CSCC[C@@H]1O. The minimum Gasteiger partial charge on any atom is -0.393 e. The molecule has 0 bridgehead atoms. The fourth-order valence-corrected chi connectivity index (χ4v) is 2.27. The third kappa shape index (κ3) is 1.62. The fraction of sp³-hybridized carbons (Fsp3) is 1.00. The second-order valence-electron chi connectivity index (χ2n) is 3.35. The topological polar surface area (TPSA) is 20.2 Å². The van der Waals surface area contributed by atoms with Gasteiger partial charge in [-0.2, -0.15) is 11.8 Å². The molecule has 0 unspecified atom stereocenters. The number of aliphatic hydroxyl groups is 1. The zero-order valence-electron chi connectivity index (χ0n) is 6.05. The standard InChI is InChI=1S/C7H14OS/c1-7(2)5-9-4-3-6(7)8/h6,8H,3-5H2,1-2H3/t6-/m0/s1. The normalized spacial score (nSPS) is 34.3. The number of hydrogen-bond donors (Lipinski definition) is 1. The van der Waals surface area contributed by atoms with E-state index in [0.717, 1.165) is 17.9 Å². The van der Waals surface area contributed by atoms with E-state index in [1.54, 1.807) is 0 Å². The van der Waals surface area contributed by atoms with Crippen molar-refractivity contribution in [2.45, 2.75) is 26.4 Å². The van der Waals surface area contributed by atoms with Crippen LogP contribution in [-0.2, 0) is 0 Å². The van der Waals surface area contributed by atoms with Gasteiger partial charge in [0, 0.05) is 5.75 Å². The number of hydrogen-bond acceptors (Lipinski definition) is 2. The maximum Gasteiger partial charge on any atom is 0.0606 e. The average Bonchev–Trinajstić information content (AvgIpc) is 1.77. The molecule has 0 aromatic heterocycles. The summed E-state index contributed by atoms with van der Waals surface area (Å²) in [6.07, 6.45) is 0.899. The van der Waals surface area contributed by atoms with Crippen molar-refractivity contribution in [2.24, 2.45) is 5.41 Å². The molecule has 1 heterocycles. The van der Waals surface area contributed by atoms with Crippen molar-refractivity contribution in [2.75, 3.05) is 11.5 Å². The van der Waals surface area contributed by atoms with Gasteiger partial charge in [0.2, 0.25) is 0 Å². The van der Waals surface area contributed by atoms with Gasteiger partial charge in [-0.05, 0) is 17.6 Å². The summed E-state index contributed by atoms with van der Waals surface area (Å²) < 4.78 is 0. The van der Waals surface area contributed by atoms with Gasteiger partial charge >= 0.3 is 0 Å². The van der Waals surface area contributed by atoms with Gasteiger partial charge < -0.3 is 5.11 Å². The van der Waals surface area contributed by atoms with Crippen LogP contribution in [0.1, 0.15) is 20.3 Å². The molecule has 0 radical (unpaired) electrons. The fourth-order valence-electron chi connectivity index (χ4n) is 1.02. The first-order valence-corrected chi connectivity index (χ1v) is 4.54. The van der Waals surface area contributed by atoms with Crippen molar-refractivity contribution in [3.63, 3.8) is 0 Å². The van der Waals surface area contributed by atoms with Gasteiger partial charge in [-0.15, -0.1) is 0 Å². The van der Waals surface area contributed by atoms with E-state index in [0.29, 0.717) is 0 Å². The van der Waals surface area contributed by atoms with Crippen LogP contribution in [0.15, 0.2) is 0 Å². The highest BCUT2D eigenvalue weighted by molar-refractivity contribution is 7.99. The summed E-state index contributed by atoms with van der Waals surface area (Å²) in [6.45, 7) is 4.26. The zero-order chi connectivity index (χ0) is 6.91. The Hall–Kier alpha value is 0.310. The van der Waals surface area contributed by atoms with Gasteiger partial charge in [0.1, 0.15) is 0 Å². The van der Waals surface area contributed by atoms with Crippen LogP contribution in [0, 0.1) is 5.41 Å². The number of rotatable bonds is 0. The lowest BCUT2D eigenvalue weighted by molar-refractivity contribution is 0.0601. The highest BCUT2D eigenvalue weighted by Crippen LogP contribution is 2.33. The average molecular weight is 146 g/mol. The molecule has 1 aliphatic heterocycles. The van der Waals surface area contributed by atoms with E-state index in [1.807, 2.05) is 11.8 Å². The van der Waals surface area contributed by atoms with Gasteiger partial charge in [0.05, 0.1) is 6.10 Å². The second kappa shape index (κ2) is 2.51. The maximum atomic E-state index is 9.42. The summed E-state index contributed by atoms with van der Waals surface area (Å²) in [5, 5.41) is 9.42. The van der Waals surface area contributed by atoms with Crippen molar-refractivity contribution in [1.82, 2.24) is 0 Å². The molecule has 0 aliphatic carbocycles. The Kier molecular flexibility index (Phi) is 2.07. The molecule has 0 spiro atoms. The lowest BCUT2D eigenvalue weighted by Gasteiger charge is -2.34. The Morgan fingerprint density at radius 1 is 1.56 bits per heavy atom. The summed E-state index contributed by atoms with van der Waals surface area (Å²) in [4.78, 5) is 0. The Morgan fingerprint density at radius 3 is 2.56 bits per heavy atom. The van der Waals surface area contributed by atoms with Gasteiger partial charge in [-0.3, -0.25) is 0 Å². The van der Waals surface area contributed by atoms with Gasteiger partial charge in [-0.25, -0.2) is 0 Å². The van der Waals surface area contributed by atoms with Gasteiger partial charge in [-0.1, -0.05) is 13.8 Å². The Bertz CT molecular complexity index is 101. The molecule has 1 rings (SSSR count). The minimum absolute atomic E-state index is 0.0706. The largest absolute Gasteiger partial charge is 0.393 e. The summed E-state index contributed by atoms with van der Waals surface area (Å²) in [5.74, 6) is 2.23. The van der Waals surface area contributed by atoms with E-state index in [-0.39, 0.29) is 11.5 Å². The van der Waals surface area contributed by atoms with E-state index in [9.17, 15) is 5.11 Å². The summed E-state index contributed by atoms with van der Waals surface area (Å²) >= 11 is 1.95. The van der Waals surface area contributed by atoms with Crippen molar-refractivity contribution in [3.05, 3.63) is 0 Å². The molecule has 1 nitrogen and oxygen atoms in total. The molecule has 0 amide bonds. The number of aliphatic hydroxyl groups excluding tert-OH is 1. The molecule has 1 saturated heterocycles. The summed E-state index contributed by atoms with van der Waals surface area (Å²) in [5.41, 5.74) is 0.156. The van der Waals surface area contributed by atoms with Crippen LogP contribution >= 0.6 is 11.8 Å². The molecule has 1 N–H and O–H groups in total. The first kappa shape index (κ1) is 7.42. The van der Waals surface area contributed by atoms with Crippen molar-refractivity contribution in [1.29, 1.82) is 0 Å². The first-order chi connectivity index (χ1) is 4.13. The summed E-state index contributed by atoms with van der Waals surface area (Å²) in [6, 6.07) is 0. The molecule has 0 saturated carbocycles. The second-order valence-corrected chi connectivity index (χ2v) is 4.45. The van der Waals surface area contributed by atoms with Crippen LogP contribution in [-0.4, -0.2) is 22.7 Å². The summed E-state index contributed by atoms with van der Waals surface area (Å²) in [7, 11) is 0. The lowest BCUT2D eigenvalue weighted by Crippen LogP contribution is -2.35. The molecule has 1 atom stereocenters. The molecular weight excluding hydrogens is 132 g/mol. The van der Waals surface area contributed by atoms with Gasteiger partial charge in [0.15, 0.2) is 0 Å². The van der Waals surface area contributed by atoms with E-state index < -0.39 is 0 Å². The monoisotopic (exact) mass is 146 g/mol.